The molecule has 0 aliphatic heterocycles. The molecule has 0 unspecified atom stereocenters. The second-order valence-corrected chi connectivity index (χ2v) is 6.34. The number of ether oxygens (including phenoxy) is 3. The van der Waals surface area contributed by atoms with Crippen LogP contribution in [0.2, 0.25) is 0 Å². The quantitative estimate of drug-likeness (QED) is 0.730. The predicted octanol–water partition coefficient (Wildman–Crippen LogP) is 3.48. The van der Waals surface area contributed by atoms with Crippen LogP contribution in [-0.4, -0.2) is 45.2 Å². The molecule has 1 N–H and O–H groups in total. The summed E-state index contributed by atoms with van der Waals surface area (Å²) >= 11 is 0. The zero-order valence-electron chi connectivity index (χ0n) is 16.7. The Kier molecular flexibility index (Phi) is 7.49. The van der Waals surface area contributed by atoms with Crippen LogP contribution in [0.25, 0.3) is 0 Å². The summed E-state index contributed by atoms with van der Waals surface area (Å²) in [5.74, 6) is 1.96. The normalized spacial score (nSPS) is 10.6. The molecule has 0 bridgehead atoms. The third kappa shape index (κ3) is 5.89. The van der Waals surface area contributed by atoms with Gasteiger partial charge in [0.2, 0.25) is 5.91 Å². The number of amides is 1. The molecule has 2 aromatic rings. The van der Waals surface area contributed by atoms with Gasteiger partial charge in [0.15, 0.2) is 11.5 Å². The van der Waals surface area contributed by atoms with Gasteiger partial charge in [0.05, 0.1) is 33.1 Å². The fourth-order valence-corrected chi connectivity index (χ4v) is 2.81. The summed E-state index contributed by atoms with van der Waals surface area (Å²) in [4.78, 5) is 14.3. The van der Waals surface area contributed by atoms with Crippen LogP contribution in [0.15, 0.2) is 36.4 Å². The molecule has 0 spiro atoms. The molecule has 27 heavy (non-hydrogen) atoms. The summed E-state index contributed by atoms with van der Waals surface area (Å²) in [6, 6.07) is 11.5. The SMILES string of the molecule is CCOc1ccc(CN(C)CC(=O)Nc2cc(C)ccc2OC)cc1OC. The Morgan fingerprint density at radius 1 is 1.04 bits per heavy atom. The summed E-state index contributed by atoms with van der Waals surface area (Å²) in [5, 5.41) is 2.92. The van der Waals surface area contributed by atoms with E-state index >= 15 is 0 Å². The van der Waals surface area contributed by atoms with Crippen LogP contribution in [0.5, 0.6) is 17.2 Å². The summed E-state index contributed by atoms with van der Waals surface area (Å²) in [5.41, 5.74) is 2.78. The van der Waals surface area contributed by atoms with Crippen LogP contribution >= 0.6 is 0 Å². The topological polar surface area (TPSA) is 60.0 Å². The van der Waals surface area contributed by atoms with Gasteiger partial charge < -0.3 is 19.5 Å². The lowest BCUT2D eigenvalue weighted by molar-refractivity contribution is -0.117. The average molecular weight is 372 g/mol. The van der Waals surface area contributed by atoms with Crippen LogP contribution < -0.4 is 19.5 Å². The first-order valence-electron chi connectivity index (χ1n) is 8.89. The third-order valence-corrected chi connectivity index (χ3v) is 4.02. The highest BCUT2D eigenvalue weighted by molar-refractivity contribution is 5.93. The first-order valence-corrected chi connectivity index (χ1v) is 8.89. The van der Waals surface area contributed by atoms with Crippen molar-refractivity contribution in [2.45, 2.75) is 20.4 Å². The van der Waals surface area contributed by atoms with Gasteiger partial charge in [0.25, 0.3) is 0 Å². The zero-order valence-corrected chi connectivity index (χ0v) is 16.7. The number of carbonyl (C=O) groups is 1. The number of aryl methyl sites for hydroxylation is 1. The highest BCUT2D eigenvalue weighted by atomic mass is 16.5. The van der Waals surface area contributed by atoms with E-state index in [1.807, 2.05) is 62.2 Å². The maximum atomic E-state index is 12.4. The predicted molar refractivity (Wildman–Crippen MR) is 107 cm³/mol. The molecule has 0 saturated heterocycles. The number of rotatable bonds is 9. The Bertz CT molecular complexity index is 777. The Labute approximate surface area is 161 Å². The maximum absolute atomic E-state index is 12.4. The number of methoxy groups -OCH3 is 2. The Morgan fingerprint density at radius 3 is 2.41 bits per heavy atom. The summed E-state index contributed by atoms with van der Waals surface area (Å²) < 4.78 is 16.2. The Hall–Kier alpha value is -2.73. The minimum Gasteiger partial charge on any atom is -0.495 e. The second-order valence-electron chi connectivity index (χ2n) is 6.34. The van der Waals surface area contributed by atoms with Crippen molar-refractivity contribution in [3.63, 3.8) is 0 Å². The van der Waals surface area contributed by atoms with Gasteiger partial charge >= 0.3 is 0 Å². The van der Waals surface area contributed by atoms with Crippen molar-refractivity contribution in [1.29, 1.82) is 0 Å². The largest absolute Gasteiger partial charge is 0.495 e. The van der Waals surface area contributed by atoms with E-state index in [0.717, 1.165) is 16.9 Å². The van der Waals surface area contributed by atoms with E-state index in [9.17, 15) is 4.79 Å². The van der Waals surface area contributed by atoms with Crippen molar-refractivity contribution < 1.29 is 19.0 Å². The monoisotopic (exact) mass is 372 g/mol. The number of nitrogens with zero attached hydrogens (tertiary/aromatic N) is 1. The molecule has 0 aliphatic carbocycles. The van der Waals surface area contributed by atoms with Crippen LogP contribution in [0.1, 0.15) is 18.1 Å². The van der Waals surface area contributed by atoms with E-state index in [0.29, 0.717) is 30.3 Å². The van der Waals surface area contributed by atoms with E-state index in [2.05, 4.69) is 5.32 Å². The molecule has 0 saturated carbocycles. The van der Waals surface area contributed by atoms with Crippen LogP contribution in [0.3, 0.4) is 0 Å². The standard InChI is InChI=1S/C21H28N2O4/c1-6-27-19-10-8-16(12-20(19)26-5)13-23(3)14-21(24)22-17-11-15(2)7-9-18(17)25-4/h7-12H,6,13-14H2,1-5H3,(H,22,24). The lowest BCUT2D eigenvalue weighted by Gasteiger charge is -2.18. The van der Waals surface area contributed by atoms with Crippen molar-refractivity contribution in [2.24, 2.45) is 0 Å². The van der Waals surface area contributed by atoms with E-state index < -0.39 is 0 Å². The van der Waals surface area contributed by atoms with E-state index in [-0.39, 0.29) is 12.5 Å². The smallest absolute Gasteiger partial charge is 0.238 e. The van der Waals surface area contributed by atoms with Gasteiger partial charge in [0, 0.05) is 6.54 Å². The molecule has 0 aromatic heterocycles. The number of carbonyl (C=O) groups excluding carboxylic acids is 1. The highest BCUT2D eigenvalue weighted by Crippen LogP contribution is 2.28. The van der Waals surface area contributed by atoms with Crippen molar-refractivity contribution in [1.82, 2.24) is 4.90 Å². The van der Waals surface area contributed by atoms with E-state index in [1.54, 1.807) is 14.2 Å². The lowest BCUT2D eigenvalue weighted by Crippen LogP contribution is -2.30. The summed E-state index contributed by atoms with van der Waals surface area (Å²) in [7, 11) is 5.11. The van der Waals surface area contributed by atoms with Crippen LogP contribution in [0, 0.1) is 6.92 Å². The molecule has 146 valence electrons. The lowest BCUT2D eigenvalue weighted by atomic mass is 10.2. The molecule has 0 fully saturated rings. The van der Waals surface area contributed by atoms with Gasteiger partial charge in [-0.1, -0.05) is 12.1 Å². The number of hydrogen-bond acceptors (Lipinski definition) is 5. The average Bonchev–Trinajstić information content (AvgIpc) is 2.63. The fourth-order valence-electron chi connectivity index (χ4n) is 2.81. The molecule has 6 nitrogen and oxygen atoms in total. The highest BCUT2D eigenvalue weighted by Gasteiger charge is 2.12. The molecule has 2 aromatic carbocycles. The fraction of sp³-hybridized carbons (Fsp3) is 0.381. The number of hydrogen-bond donors (Lipinski definition) is 1. The zero-order chi connectivity index (χ0) is 19.8. The second kappa shape index (κ2) is 9.83. The van der Waals surface area contributed by atoms with E-state index in [4.69, 9.17) is 14.2 Å². The summed E-state index contributed by atoms with van der Waals surface area (Å²) in [6.07, 6.45) is 0. The molecule has 0 aliphatic rings. The minimum atomic E-state index is -0.0979. The van der Waals surface area contributed by atoms with Gasteiger partial charge in [-0.3, -0.25) is 9.69 Å². The molecule has 6 heteroatoms. The first-order chi connectivity index (χ1) is 13.0. The number of anilines is 1. The van der Waals surface area contributed by atoms with Crippen molar-refractivity contribution >= 4 is 11.6 Å². The van der Waals surface area contributed by atoms with Crippen molar-refractivity contribution in [3.8, 4) is 17.2 Å². The molecule has 0 atom stereocenters. The number of benzene rings is 2. The number of nitrogens with one attached hydrogen (secondary N) is 1. The first kappa shape index (κ1) is 20.6. The molecule has 0 heterocycles. The van der Waals surface area contributed by atoms with Crippen molar-refractivity contribution in [3.05, 3.63) is 47.5 Å². The Morgan fingerprint density at radius 2 is 1.74 bits per heavy atom. The van der Waals surface area contributed by atoms with Gasteiger partial charge in [-0.25, -0.2) is 0 Å². The molecular formula is C21H28N2O4. The molecule has 2 rings (SSSR count). The molecule has 0 radical (unpaired) electrons. The van der Waals surface area contributed by atoms with Crippen LogP contribution in [-0.2, 0) is 11.3 Å². The number of likely N-dealkylation sites (N-methyl/N-ethyl adjacent to an activating group) is 1. The minimum absolute atomic E-state index is 0.0979. The molecular weight excluding hydrogens is 344 g/mol. The van der Waals surface area contributed by atoms with Gasteiger partial charge in [-0.2, -0.15) is 0 Å². The van der Waals surface area contributed by atoms with Crippen molar-refractivity contribution in [2.75, 3.05) is 39.7 Å². The van der Waals surface area contributed by atoms with Gasteiger partial charge in [-0.15, -0.1) is 0 Å². The van der Waals surface area contributed by atoms with Gasteiger partial charge in [-0.05, 0) is 56.3 Å². The molecule has 1 amide bonds. The Balaban J connectivity index is 1.98. The third-order valence-electron chi connectivity index (χ3n) is 4.02. The van der Waals surface area contributed by atoms with Crippen LogP contribution in [0.4, 0.5) is 5.69 Å². The van der Waals surface area contributed by atoms with E-state index in [1.165, 1.54) is 0 Å². The maximum Gasteiger partial charge on any atom is 0.238 e. The van der Waals surface area contributed by atoms with Gasteiger partial charge in [0.1, 0.15) is 5.75 Å². The summed E-state index contributed by atoms with van der Waals surface area (Å²) in [6.45, 7) is 5.36.